The van der Waals surface area contributed by atoms with E-state index in [2.05, 4.69) is 5.10 Å². The largest absolute Gasteiger partial charge is 0.481 e. The lowest BCUT2D eigenvalue weighted by Gasteiger charge is -2.09. The molecule has 0 aliphatic heterocycles. The maximum Gasteiger partial charge on any atom is 0.217 e. The van der Waals surface area contributed by atoms with Crippen LogP contribution in [-0.2, 0) is 7.05 Å². The van der Waals surface area contributed by atoms with Crippen LogP contribution in [0.5, 0.6) is 5.88 Å². The van der Waals surface area contributed by atoms with Gasteiger partial charge in [0.2, 0.25) is 5.88 Å². The first-order chi connectivity index (χ1) is 7.65. The Bertz CT molecular complexity index is 474. The van der Waals surface area contributed by atoms with Gasteiger partial charge in [-0.05, 0) is 19.1 Å². The molecule has 1 unspecified atom stereocenters. The molecule has 0 fully saturated rings. The molecule has 5 nitrogen and oxygen atoms in total. The van der Waals surface area contributed by atoms with Crippen molar-refractivity contribution in [3.05, 3.63) is 35.4 Å². The van der Waals surface area contributed by atoms with Crippen molar-refractivity contribution in [2.75, 3.05) is 7.11 Å². The van der Waals surface area contributed by atoms with E-state index in [-0.39, 0.29) is 0 Å². The molecular weight excluding hydrogens is 208 g/mol. The van der Waals surface area contributed by atoms with Crippen LogP contribution in [0.25, 0.3) is 0 Å². The van der Waals surface area contributed by atoms with Gasteiger partial charge in [0.25, 0.3) is 0 Å². The van der Waals surface area contributed by atoms with Crippen molar-refractivity contribution < 1.29 is 14.3 Å². The zero-order valence-electron chi connectivity index (χ0n) is 9.47. The van der Waals surface area contributed by atoms with E-state index in [1.165, 1.54) is 6.26 Å². The fourth-order valence-electron chi connectivity index (χ4n) is 1.80. The monoisotopic (exact) mass is 222 g/mol. The Morgan fingerprint density at radius 2 is 2.31 bits per heavy atom. The second kappa shape index (κ2) is 4.02. The van der Waals surface area contributed by atoms with E-state index in [9.17, 15) is 5.11 Å². The maximum atomic E-state index is 10.2. The van der Waals surface area contributed by atoms with Crippen LogP contribution in [0.1, 0.15) is 23.1 Å². The molecule has 0 aromatic carbocycles. The fourth-order valence-corrected chi connectivity index (χ4v) is 1.80. The standard InChI is InChI=1S/C11H14N2O3/c1-7-9(11(15-3)13(2)12-7)10(14)8-5-4-6-16-8/h4-6,10,14H,1-3H3. The van der Waals surface area contributed by atoms with Crippen LogP contribution in [0.15, 0.2) is 22.8 Å². The highest BCUT2D eigenvalue weighted by atomic mass is 16.5. The Labute approximate surface area is 93.3 Å². The zero-order valence-corrected chi connectivity index (χ0v) is 9.47. The number of aromatic nitrogens is 2. The molecule has 2 aromatic rings. The van der Waals surface area contributed by atoms with Crippen molar-refractivity contribution in [1.82, 2.24) is 9.78 Å². The SMILES string of the molecule is COc1c(C(O)c2ccco2)c(C)nn1C. The van der Waals surface area contributed by atoms with E-state index in [0.29, 0.717) is 17.2 Å². The number of hydrogen-bond acceptors (Lipinski definition) is 4. The van der Waals surface area contributed by atoms with Crippen molar-refractivity contribution in [2.24, 2.45) is 7.05 Å². The van der Waals surface area contributed by atoms with Gasteiger partial charge in [-0.25, -0.2) is 4.68 Å². The minimum atomic E-state index is -0.848. The quantitative estimate of drug-likeness (QED) is 0.853. The molecule has 0 saturated heterocycles. The number of methoxy groups -OCH3 is 1. The number of ether oxygens (including phenoxy) is 1. The molecule has 5 heteroatoms. The number of aliphatic hydroxyl groups excluding tert-OH is 1. The Balaban J connectivity index is 2.47. The minimum Gasteiger partial charge on any atom is -0.481 e. The summed E-state index contributed by atoms with van der Waals surface area (Å²) < 4.78 is 12.0. The van der Waals surface area contributed by atoms with Crippen LogP contribution in [0.2, 0.25) is 0 Å². The lowest BCUT2D eigenvalue weighted by molar-refractivity contribution is 0.183. The first-order valence-electron chi connectivity index (χ1n) is 4.94. The summed E-state index contributed by atoms with van der Waals surface area (Å²) in [5, 5.41) is 14.4. The molecule has 0 aliphatic rings. The summed E-state index contributed by atoms with van der Waals surface area (Å²) in [6, 6.07) is 3.45. The number of aryl methyl sites for hydroxylation is 2. The van der Waals surface area contributed by atoms with Crippen molar-refractivity contribution >= 4 is 0 Å². The average Bonchev–Trinajstić information content (AvgIpc) is 2.84. The van der Waals surface area contributed by atoms with Gasteiger partial charge < -0.3 is 14.3 Å². The summed E-state index contributed by atoms with van der Waals surface area (Å²) >= 11 is 0. The van der Waals surface area contributed by atoms with E-state index in [4.69, 9.17) is 9.15 Å². The van der Waals surface area contributed by atoms with Gasteiger partial charge >= 0.3 is 0 Å². The molecule has 2 aromatic heterocycles. The number of nitrogens with zero attached hydrogens (tertiary/aromatic N) is 2. The van der Waals surface area contributed by atoms with Crippen LogP contribution in [0, 0.1) is 6.92 Å². The summed E-state index contributed by atoms with van der Waals surface area (Å²) in [7, 11) is 3.32. The van der Waals surface area contributed by atoms with Crippen LogP contribution in [-0.4, -0.2) is 22.0 Å². The van der Waals surface area contributed by atoms with E-state index in [1.807, 2.05) is 6.92 Å². The van der Waals surface area contributed by atoms with Gasteiger partial charge in [-0.15, -0.1) is 0 Å². The second-order valence-electron chi connectivity index (χ2n) is 3.55. The molecule has 0 radical (unpaired) electrons. The molecule has 1 N–H and O–H groups in total. The van der Waals surface area contributed by atoms with Gasteiger partial charge in [0.1, 0.15) is 11.9 Å². The van der Waals surface area contributed by atoms with Crippen LogP contribution < -0.4 is 4.74 Å². The van der Waals surface area contributed by atoms with Crippen LogP contribution in [0.3, 0.4) is 0 Å². The molecule has 2 rings (SSSR count). The number of hydrogen-bond donors (Lipinski definition) is 1. The highest BCUT2D eigenvalue weighted by Gasteiger charge is 2.24. The number of aliphatic hydroxyl groups is 1. The molecule has 0 amide bonds. The summed E-state index contributed by atoms with van der Waals surface area (Å²) in [5.41, 5.74) is 1.36. The smallest absolute Gasteiger partial charge is 0.217 e. The highest BCUT2D eigenvalue weighted by Crippen LogP contribution is 2.32. The van der Waals surface area contributed by atoms with Gasteiger partial charge in [0, 0.05) is 7.05 Å². The third-order valence-corrected chi connectivity index (χ3v) is 2.49. The first-order valence-corrected chi connectivity index (χ1v) is 4.94. The van der Waals surface area contributed by atoms with E-state index < -0.39 is 6.10 Å². The molecule has 0 saturated carbocycles. The molecule has 86 valence electrons. The molecule has 0 aliphatic carbocycles. The van der Waals surface area contributed by atoms with Gasteiger partial charge in [-0.2, -0.15) is 5.10 Å². The minimum absolute atomic E-state index is 0.481. The molecule has 1 atom stereocenters. The van der Waals surface area contributed by atoms with Gasteiger partial charge in [0.15, 0.2) is 0 Å². The topological polar surface area (TPSA) is 60.4 Å². The van der Waals surface area contributed by atoms with E-state index in [0.717, 1.165) is 5.69 Å². The third-order valence-electron chi connectivity index (χ3n) is 2.49. The van der Waals surface area contributed by atoms with E-state index >= 15 is 0 Å². The van der Waals surface area contributed by atoms with Gasteiger partial charge in [-0.1, -0.05) is 0 Å². The van der Waals surface area contributed by atoms with Crippen molar-refractivity contribution in [3.8, 4) is 5.88 Å². The summed E-state index contributed by atoms with van der Waals surface area (Å²) in [6.45, 7) is 1.82. The average molecular weight is 222 g/mol. The number of rotatable bonds is 3. The van der Waals surface area contributed by atoms with Crippen molar-refractivity contribution in [1.29, 1.82) is 0 Å². The van der Waals surface area contributed by atoms with Crippen LogP contribution >= 0.6 is 0 Å². The lowest BCUT2D eigenvalue weighted by atomic mass is 10.1. The Hall–Kier alpha value is -1.75. The molecular formula is C11H14N2O3. The Kier molecular flexibility index (Phi) is 2.70. The summed E-state index contributed by atoms with van der Waals surface area (Å²) in [4.78, 5) is 0. The maximum absolute atomic E-state index is 10.2. The lowest BCUT2D eigenvalue weighted by Crippen LogP contribution is -2.02. The normalized spacial score (nSPS) is 12.8. The second-order valence-corrected chi connectivity index (χ2v) is 3.55. The molecule has 0 spiro atoms. The van der Waals surface area contributed by atoms with Crippen LogP contribution in [0.4, 0.5) is 0 Å². The van der Waals surface area contributed by atoms with Gasteiger partial charge in [-0.3, -0.25) is 0 Å². The number of furan rings is 1. The molecule has 2 heterocycles. The molecule has 16 heavy (non-hydrogen) atoms. The zero-order chi connectivity index (χ0) is 11.7. The van der Waals surface area contributed by atoms with E-state index in [1.54, 1.807) is 31.0 Å². The molecule has 0 bridgehead atoms. The third kappa shape index (κ3) is 1.59. The summed E-state index contributed by atoms with van der Waals surface area (Å²) in [6.07, 6.45) is 0.676. The van der Waals surface area contributed by atoms with Crippen molar-refractivity contribution in [2.45, 2.75) is 13.0 Å². The summed E-state index contributed by atoms with van der Waals surface area (Å²) in [5.74, 6) is 1.02. The highest BCUT2D eigenvalue weighted by molar-refractivity contribution is 5.36. The van der Waals surface area contributed by atoms with Crippen molar-refractivity contribution in [3.63, 3.8) is 0 Å². The Morgan fingerprint density at radius 3 is 2.88 bits per heavy atom. The fraction of sp³-hybridized carbons (Fsp3) is 0.364. The Morgan fingerprint density at radius 1 is 1.56 bits per heavy atom. The predicted molar refractivity (Wildman–Crippen MR) is 57.3 cm³/mol. The first kappa shape index (κ1) is 10.8. The predicted octanol–water partition coefficient (Wildman–Crippen LogP) is 1.41. The van der Waals surface area contributed by atoms with Gasteiger partial charge in [0.05, 0.1) is 24.6 Å².